The normalized spacial score (nSPS) is 10.8. The number of anilines is 5. The minimum Gasteiger partial charge on any atom is -0.432 e. The van der Waals surface area contributed by atoms with Gasteiger partial charge >= 0.3 is 6.61 Å². The molecule has 2 aromatic carbocycles. The van der Waals surface area contributed by atoms with Crippen LogP contribution in [0.5, 0.6) is 5.75 Å². The summed E-state index contributed by atoms with van der Waals surface area (Å²) in [6, 6.07) is 5.19. The van der Waals surface area contributed by atoms with Gasteiger partial charge in [0.05, 0.1) is 17.6 Å². The summed E-state index contributed by atoms with van der Waals surface area (Å²) in [6.45, 7) is -0.0678. The van der Waals surface area contributed by atoms with Crippen molar-refractivity contribution in [1.29, 1.82) is 0 Å². The third kappa shape index (κ3) is 6.03. The molecule has 2 aromatic heterocycles. The van der Waals surface area contributed by atoms with E-state index in [-0.39, 0.29) is 34.3 Å². The van der Waals surface area contributed by atoms with E-state index in [1.165, 1.54) is 29.2 Å². The number of halogens is 5. The van der Waals surface area contributed by atoms with Gasteiger partial charge in [-0.1, -0.05) is 6.58 Å². The summed E-state index contributed by atoms with van der Waals surface area (Å²) in [6.07, 6.45) is 5.32. The molecular weight excluding hydrogens is 513 g/mol. The highest BCUT2D eigenvalue weighted by Crippen LogP contribution is 2.35. The Kier molecular flexibility index (Phi) is 7.50. The summed E-state index contributed by atoms with van der Waals surface area (Å²) in [5.74, 6) is -5.53. The van der Waals surface area contributed by atoms with E-state index in [9.17, 15) is 26.7 Å². The highest BCUT2D eigenvalue weighted by molar-refractivity contribution is 5.99. The lowest BCUT2D eigenvalue weighted by Gasteiger charge is -2.15. The number of ether oxygens (including phenoxy) is 1. The molecule has 0 aliphatic carbocycles. The number of hydrogen-bond donors (Lipinski definition) is 3. The zero-order valence-electron chi connectivity index (χ0n) is 19.5. The Morgan fingerprint density at radius 3 is 2.55 bits per heavy atom. The molecule has 0 unspecified atom stereocenters. The first kappa shape index (κ1) is 26.1. The third-order valence-corrected chi connectivity index (χ3v) is 4.94. The Bertz CT molecular complexity index is 1510. The lowest BCUT2D eigenvalue weighted by Crippen LogP contribution is -2.08. The minimum absolute atomic E-state index is 0.00686. The lowest BCUT2D eigenvalue weighted by molar-refractivity contribution is -0.111. The van der Waals surface area contributed by atoms with E-state index in [4.69, 9.17) is 0 Å². The zero-order valence-corrected chi connectivity index (χ0v) is 19.5. The molecule has 0 radical (unpaired) electrons. The van der Waals surface area contributed by atoms with Crippen molar-refractivity contribution in [2.24, 2.45) is 7.05 Å². The van der Waals surface area contributed by atoms with E-state index >= 15 is 0 Å². The quantitative estimate of drug-likeness (QED) is 0.193. The lowest BCUT2D eigenvalue weighted by atomic mass is 10.1. The fourth-order valence-electron chi connectivity index (χ4n) is 3.28. The molecule has 0 saturated heterocycles. The Balaban J connectivity index is 1.80. The molecule has 0 fully saturated rings. The molecule has 0 bridgehead atoms. The van der Waals surface area contributed by atoms with Crippen molar-refractivity contribution in [2.75, 3.05) is 16.0 Å². The number of carbonyl (C=O) groups is 1. The van der Waals surface area contributed by atoms with E-state index in [2.05, 4.69) is 42.3 Å². The molecule has 38 heavy (non-hydrogen) atoms. The van der Waals surface area contributed by atoms with Crippen molar-refractivity contribution in [3.05, 3.63) is 79.0 Å². The number of aryl methyl sites for hydroxylation is 1. The maximum atomic E-state index is 14.7. The van der Waals surface area contributed by atoms with Gasteiger partial charge in [-0.2, -0.15) is 23.3 Å². The number of alkyl halides is 2. The molecule has 1 amide bonds. The molecule has 2 heterocycles. The molecule has 196 valence electrons. The van der Waals surface area contributed by atoms with Crippen molar-refractivity contribution >= 4 is 34.7 Å². The highest BCUT2D eigenvalue weighted by Gasteiger charge is 2.20. The number of amides is 1. The SMILES string of the molecule is C=CC(=O)Nc1ccc(F)c(Nc2nc(Nc3cnn(C)c3)ncc2-c2cc(F)c(F)c(OC(F)F)c2)c1. The van der Waals surface area contributed by atoms with Crippen molar-refractivity contribution in [3.63, 3.8) is 0 Å². The van der Waals surface area contributed by atoms with E-state index in [1.807, 2.05) is 0 Å². The van der Waals surface area contributed by atoms with Crippen molar-refractivity contribution < 1.29 is 31.5 Å². The summed E-state index contributed by atoms with van der Waals surface area (Å²) >= 11 is 0. The Hall–Kier alpha value is -5.01. The molecule has 0 spiro atoms. The second-order valence-electron chi connectivity index (χ2n) is 7.65. The standard InChI is InChI=1S/C24H18F5N7O2/c1-3-20(37)32-13-4-5-16(25)18(8-13)34-22-15(10-30-24(35-22)33-14-9-31-36(2)11-14)12-6-17(26)21(27)19(7-12)38-23(28)29/h3-11,23H,1H2,2H3,(H,32,37)(H2,30,33,34,35). The molecule has 0 saturated carbocycles. The first-order valence-electron chi connectivity index (χ1n) is 10.7. The fraction of sp³-hybridized carbons (Fsp3) is 0.0833. The van der Waals surface area contributed by atoms with E-state index in [0.29, 0.717) is 5.69 Å². The van der Waals surface area contributed by atoms with Gasteiger partial charge in [0, 0.05) is 30.7 Å². The fourth-order valence-corrected chi connectivity index (χ4v) is 3.28. The molecule has 4 rings (SSSR count). The van der Waals surface area contributed by atoms with Crippen LogP contribution in [-0.4, -0.2) is 32.3 Å². The predicted molar refractivity (Wildman–Crippen MR) is 129 cm³/mol. The summed E-state index contributed by atoms with van der Waals surface area (Å²) < 4.78 is 74.2. The van der Waals surface area contributed by atoms with Gasteiger partial charge in [0.1, 0.15) is 11.6 Å². The number of benzene rings is 2. The van der Waals surface area contributed by atoms with Gasteiger partial charge in [0.2, 0.25) is 17.7 Å². The van der Waals surface area contributed by atoms with Crippen LogP contribution < -0.4 is 20.7 Å². The minimum atomic E-state index is -3.42. The average Bonchev–Trinajstić information content (AvgIpc) is 3.28. The maximum absolute atomic E-state index is 14.7. The van der Waals surface area contributed by atoms with Gasteiger partial charge in [0.25, 0.3) is 0 Å². The molecule has 9 nitrogen and oxygen atoms in total. The summed E-state index contributed by atoms with van der Waals surface area (Å²) in [5, 5.41) is 12.1. The maximum Gasteiger partial charge on any atom is 0.387 e. The zero-order chi connectivity index (χ0) is 27.4. The number of nitrogens with zero attached hydrogens (tertiary/aromatic N) is 4. The van der Waals surface area contributed by atoms with Crippen LogP contribution in [0.1, 0.15) is 0 Å². The van der Waals surface area contributed by atoms with Gasteiger partial charge in [-0.15, -0.1) is 0 Å². The van der Waals surface area contributed by atoms with Crippen LogP contribution in [0.25, 0.3) is 11.1 Å². The van der Waals surface area contributed by atoms with Crippen LogP contribution >= 0.6 is 0 Å². The number of nitrogens with one attached hydrogen (secondary N) is 3. The van der Waals surface area contributed by atoms with Crippen LogP contribution in [0.3, 0.4) is 0 Å². The molecule has 0 atom stereocenters. The summed E-state index contributed by atoms with van der Waals surface area (Å²) in [7, 11) is 1.69. The largest absolute Gasteiger partial charge is 0.432 e. The van der Waals surface area contributed by atoms with Crippen LogP contribution in [0.4, 0.5) is 50.8 Å². The third-order valence-electron chi connectivity index (χ3n) is 4.94. The van der Waals surface area contributed by atoms with E-state index < -0.39 is 35.7 Å². The number of rotatable bonds is 9. The van der Waals surface area contributed by atoms with Crippen LogP contribution in [0, 0.1) is 17.5 Å². The average molecular weight is 531 g/mol. The molecule has 3 N–H and O–H groups in total. The molecule has 0 aliphatic heterocycles. The first-order valence-corrected chi connectivity index (χ1v) is 10.7. The Labute approximate surface area is 212 Å². The Morgan fingerprint density at radius 2 is 1.87 bits per heavy atom. The first-order chi connectivity index (χ1) is 18.1. The second kappa shape index (κ2) is 10.9. The molecule has 4 aromatic rings. The van der Waals surface area contributed by atoms with Gasteiger partial charge in [-0.05, 0) is 42.0 Å². The van der Waals surface area contributed by atoms with E-state index in [0.717, 1.165) is 24.3 Å². The van der Waals surface area contributed by atoms with Crippen molar-refractivity contribution in [2.45, 2.75) is 6.61 Å². The molecular formula is C24H18F5N7O2. The van der Waals surface area contributed by atoms with Crippen LogP contribution in [0.2, 0.25) is 0 Å². The molecule has 0 aliphatic rings. The van der Waals surface area contributed by atoms with Crippen molar-refractivity contribution in [1.82, 2.24) is 19.7 Å². The van der Waals surface area contributed by atoms with Gasteiger partial charge in [-0.25, -0.2) is 13.8 Å². The number of hydrogen-bond acceptors (Lipinski definition) is 7. The second-order valence-corrected chi connectivity index (χ2v) is 7.65. The number of carbonyl (C=O) groups excluding carboxylic acids is 1. The predicted octanol–water partition coefficient (Wildman–Crippen LogP) is 5.51. The summed E-state index contributed by atoms with van der Waals surface area (Å²) in [5.41, 5.74) is 0.396. The van der Waals surface area contributed by atoms with Gasteiger partial charge in [0.15, 0.2) is 11.6 Å². The Morgan fingerprint density at radius 1 is 1.08 bits per heavy atom. The van der Waals surface area contributed by atoms with Crippen LogP contribution in [0.15, 0.2) is 61.6 Å². The smallest absolute Gasteiger partial charge is 0.387 e. The number of aromatic nitrogens is 4. The highest BCUT2D eigenvalue weighted by atomic mass is 19.3. The van der Waals surface area contributed by atoms with Gasteiger partial charge < -0.3 is 20.7 Å². The topological polar surface area (TPSA) is 106 Å². The monoisotopic (exact) mass is 531 g/mol. The van der Waals surface area contributed by atoms with Gasteiger partial charge in [-0.3, -0.25) is 9.48 Å². The van der Waals surface area contributed by atoms with E-state index in [1.54, 1.807) is 13.2 Å². The van der Waals surface area contributed by atoms with Crippen LogP contribution in [-0.2, 0) is 11.8 Å². The van der Waals surface area contributed by atoms with Crippen molar-refractivity contribution in [3.8, 4) is 16.9 Å². The molecule has 14 heteroatoms. The summed E-state index contributed by atoms with van der Waals surface area (Å²) in [4.78, 5) is 20.1.